The molecule has 0 saturated heterocycles. The Labute approximate surface area is 96.1 Å². The number of carboxylic acids is 1. The van der Waals surface area contributed by atoms with Gasteiger partial charge in [0.15, 0.2) is 0 Å². The van der Waals surface area contributed by atoms with Crippen molar-refractivity contribution in [2.75, 3.05) is 0 Å². The highest BCUT2D eigenvalue weighted by Crippen LogP contribution is 2.22. The summed E-state index contributed by atoms with van der Waals surface area (Å²) in [5.41, 5.74) is 4.16. The zero-order valence-corrected chi connectivity index (χ0v) is 9.91. The van der Waals surface area contributed by atoms with Gasteiger partial charge in [-0.1, -0.05) is 0 Å². The molecule has 0 rings (SSSR count). The molecule has 0 bridgehead atoms. The minimum Gasteiger partial charge on any atom is -0.481 e. The van der Waals surface area contributed by atoms with E-state index < -0.39 is 11.4 Å². The molecule has 0 aliphatic carbocycles. The number of rotatable bonds is 5. The van der Waals surface area contributed by atoms with E-state index in [2.05, 4.69) is 0 Å². The Morgan fingerprint density at radius 1 is 1.29 bits per heavy atom. The van der Waals surface area contributed by atoms with Gasteiger partial charge in [-0.2, -0.15) is 0 Å². The van der Waals surface area contributed by atoms with E-state index in [1.807, 2.05) is 0 Å². The minimum absolute atomic E-state index is 0. The summed E-state index contributed by atoms with van der Waals surface area (Å²) in [6.07, 6.45) is 1.27. The van der Waals surface area contributed by atoms with Gasteiger partial charge in [0.05, 0.1) is 5.41 Å². The number of carboxylic acid groups (broad SMARTS) is 1. The van der Waals surface area contributed by atoms with E-state index in [0.29, 0.717) is 12.8 Å². The van der Waals surface area contributed by atoms with Crippen molar-refractivity contribution < 1.29 is 14.7 Å². The Morgan fingerprint density at radius 3 is 2.00 bits per heavy atom. The molecule has 0 radical (unpaired) electrons. The number of carbonyl (C=O) groups is 2. The molecule has 0 spiro atoms. The number of aliphatic carboxylic acids is 1. The molecular formula is C8H17Cl2NO3. The quantitative estimate of drug-likeness (QED) is 0.773. The Kier molecular flexibility index (Phi) is 10.8. The Bertz CT molecular complexity index is 195. The molecule has 86 valence electrons. The van der Waals surface area contributed by atoms with Gasteiger partial charge in [-0.25, -0.2) is 0 Å². The van der Waals surface area contributed by atoms with Gasteiger partial charge < -0.3 is 10.8 Å². The number of nitrogens with two attached hydrogens (primary N) is 1. The molecule has 0 aliphatic rings. The summed E-state index contributed by atoms with van der Waals surface area (Å²) in [7, 11) is 0. The summed E-state index contributed by atoms with van der Waals surface area (Å²) in [6, 6.07) is 0. The predicted molar refractivity (Wildman–Crippen MR) is 59.0 cm³/mol. The van der Waals surface area contributed by atoms with E-state index in [0.717, 1.165) is 0 Å². The highest BCUT2D eigenvalue weighted by atomic mass is 35.5. The molecule has 6 heteroatoms. The van der Waals surface area contributed by atoms with Gasteiger partial charge >= 0.3 is 5.97 Å². The van der Waals surface area contributed by atoms with Gasteiger partial charge in [-0.15, -0.1) is 24.8 Å². The number of carbonyl (C=O) groups excluding carboxylic acids is 1. The molecule has 0 fully saturated rings. The molecule has 0 heterocycles. The maximum atomic E-state index is 10.6. The average molecular weight is 246 g/mol. The van der Waals surface area contributed by atoms with Crippen molar-refractivity contribution in [3.05, 3.63) is 0 Å². The lowest BCUT2D eigenvalue weighted by molar-refractivity contribution is -0.147. The van der Waals surface area contributed by atoms with Crippen LogP contribution < -0.4 is 5.73 Å². The van der Waals surface area contributed by atoms with Crippen molar-refractivity contribution in [2.24, 2.45) is 11.1 Å². The molecule has 0 unspecified atom stereocenters. The minimum atomic E-state index is -0.841. The molecule has 14 heavy (non-hydrogen) atoms. The molecule has 0 aromatic carbocycles. The van der Waals surface area contributed by atoms with Crippen LogP contribution in [0.1, 0.15) is 33.1 Å². The largest absolute Gasteiger partial charge is 0.481 e. The molecular weight excluding hydrogens is 229 g/mol. The van der Waals surface area contributed by atoms with Gasteiger partial charge in [-0.3, -0.25) is 9.59 Å². The van der Waals surface area contributed by atoms with Crippen LogP contribution in [0.25, 0.3) is 0 Å². The fraction of sp³-hybridized carbons (Fsp3) is 0.750. The average Bonchev–Trinajstić information content (AvgIpc) is 1.85. The predicted octanol–water partition coefficient (Wildman–Crippen LogP) is 1.60. The second-order valence-electron chi connectivity index (χ2n) is 3.51. The Balaban J connectivity index is -0.000000605. The van der Waals surface area contributed by atoms with Crippen LogP contribution in [0.3, 0.4) is 0 Å². The second-order valence-corrected chi connectivity index (χ2v) is 3.51. The first kappa shape index (κ1) is 19.1. The fourth-order valence-corrected chi connectivity index (χ4v) is 0.811. The molecule has 3 N–H and O–H groups in total. The van der Waals surface area contributed by atoms with Crippen molar-refractivity contribution in [1.29, 1.82) is 0 Å². The summed E-state index contributed by atoms with van der Waals surface area (Å²) < 4.78 is 0. The molecule has 4 nitrogen and oxygen atoms in total. The standard InChI is InChI=1S/C8H15NO3.2ClH/c1-8(2,7(11)12)5-3-4-6(9)10;;/h3-5H2,1-2H3,(H2,9,10)(H,11,12);2*1H. The lowest BCUT2D eigenvalue weighted by Gasteiger charge is -2.17. The van der Waals surface area contributed by atoms with E-state index >= 15 is 0 Å². The third-order valence-electron chi connectivity index (χ3n) is 1.80. The smallest absolute Gasteiger partial charge is 0.309 e. The van der Waals surface area contributed by atoms with Crippen molar-refractivity contribution in [3.8, 4) is 0 Å². The number of halogens is 2. The fourth-order valence-electron chi connectivity index (χ4n) is 0.811. The first-order valence-corrected chi connectivity index (χ1v) is 3.88. The van der Waals surface area contributed by atoms with Crippen molar-refractivity contribution >= 4 is 36.7 Å². The van der Waals surface area contributed by atoms with Crippen LogP contribution in [-0.4, -0.2) is 17.0 Å². The molecule has 0 saturated carbocycles. The third-order valence-corrected chi connectivity index (χ3v) is 1.80. The first-order valence-electron chi connectivity index (χ1n) is 3.88. The summed E-state index contributed by atoms with van der Waals surface area (Å²) in [5.74, 6) is -1.22. The zero-order valence-electron chi connectivity index (χ0n) is 8.28. The molecule has 0 aromatic rings. The van der Waals surface area contributed by atoms with Crippen molar-refractivity contribution in [2.45, 2.75) is 33.1 Å². The zero-order chi connectivity index (χ0) is 9.78. The van der Waals surface area contributed by atoms with E-state index in [9.17, 15) is 9.59 Å². The summed E-state index contributed by atoms with van der Waals surface area (Å²) in [5, 5.41) is 8.69. The second kappa shape index (κ2) is 7.88. The van der Waals surface area contributed by atoms with Crippen LogP contribution in [0, 0.1) is 5.41 Å². The van der Waals surface area contributed by atoms with Gasteiger partial charge in [0.2, 0.25) is 5.91 Å². The monoisotopic (exact) mass is 245 g/mol. The van der Waals surface area contributed by atoms with E-state index in [-0.39, 0.29) is 37.1 Å². The van der Waals surface area contributed by atoms with Crippen LogP contribution in [0.5, 0.6) is 0 Å². The third kappa shape index (κ3) is 8.13. The highest BCUT2D eigenvalue weighted by molar-refractivity contribution is 5.85. The van der Waals surface area contributed by atoms with Crippen molar-refractivity contribution in [3.63, 3.8) is 0 Å². The lowest BCUT2D eigenvalue weighted by Crippen LogP contribution is -2.24. The summed E-state index contributed by atoms with van der Waals surface area (Å²) in [4.78, 5) is 20.9. The van der Waals surface area contributed by atoms with E-state index in [1.54, 1.807) is 13.8 Å². The highest BCUT2D eigenvalue weighted by Gasteiger charge is 2.26. The molecule has 0 aromatic heterocycles. The number of hydrogen-bond donors (Lipinski definition) is 2. The van der Waals surface area contributed by atoms with Crippen molar-refractivity contribution in [1.82, 2.24) is 0 Å². The Morgan fingerprint density at radius 2 is 1.71 bits per heavy atom. The van der Waals surface area contributed by atoms with E-state index in [4.69, 9.17) is 10.8 Å². The van der Waals surface area contributed by atoms with E-state index in [1.165, 1.54) is 0 Å². The molecule has 0 atom stereocenters. The summed E-state index contributed by atoms with van der Waals surface area (Å²) in [6.45, 7) is 3.27. The van der Waals surface area contributed by atoms with Gasteiger partial charge in [-0.05, 0) is 26.7 Å². The number of hydrogen-bond acceptors (Lipinski definition) is 2. The summed E-state index contributed by atoms with van der Waals surface area (Å²) >= 11 is 0. The SMILES string of the molecule is CC(C)(CCCC(N)=O)C(=O)O.Cl.Cl. The number of amides is 1. The van der Waals surface area contributed by atoms with Gasteiger partial charge in [0.25, 0.3) is 0 Å². The van der Waals surface area contributed by atoms with Crippen LogP contribution in [0.4, 0.5) is 0 Å². The van der Waals surface area contributed by atoms with Gasteiger partial charge in [0.1, 0.15) is 0 Å². The van der Waals surface area contributed by atoms with Crippen LogP contribution in [-0.2, 0) is 9.59 Å². The molecule has 1 amide bonds. The Hall–Kier alpha value is -0.480. The van der Waals surface area contributed by atoms with Gasteiger partial charge in [0, 0.05) is 6.42 Å². The topological polar surface area (TPSA) is 80.4 Å². The van der Waals surface area contributed by atoms with Crippen LogP contribution in [0.2, 0.25) is 0 Å². The molecule has 0 aliphatic heterocycles. The van der Waals surface area contributed by atoms with Crippen LogP contribution in [0.15, 0.2) is 0 Å². The normalized spacial score (nSPS) is 9.57. The maximum absolute atomic E-state index is 10.6. The first-order chi connectivity index (χ1) is 5.36. The number of primary amides is 1. The van der Waals surface area contributed by atoms with Crippen LogP contribution >= 0.6 is 24.8 Å². The maximum Gasteiger partial charge on any atom is 0.309 e. The lowest BCUT2D eigenvalue weighted by atomic mass is 9.87.